The first kappa shape index (κ1) is 20.8. The SMILES string of the molecule is O=C(NCc1ccc(F)c(F)c1)C1=COC2=NC(=O)N(Cc3cccc(Cl)c3)CCN12. The Morgan fingerprint density at radius 1 is 1.13 bits per heavy atom. The van der Waals surface area contributed by atoms with E-state index < -0.39 is 23.6 Å². The predicted molar refractivity (Wildman–Crippen MR) is 109 cm³/mol. The van der Waals surface area contributed by atoms with Crippen LogP contribution in [0.5, 0.6) is 0 Å². The molecule has 2 aliphatic heterocycles. The van der Waals surface area contributed by atoms with Crippen LogP contribution in [0.4, 0.5) is 13.6 Å². The van der Waals surface area contributed by atoms with E-state index in [4.69, 9.17) is 16.3 Å². The van der Waals surface area contributed by atoms with Crippen LogP contribution in [0.2, 0.25) is 5.02 Å². The number of carbonyl (C=O) groups excluding carboxylic acids is 2. The lowest BCUT2D eigenvalue weighted by atomic mass is 10.2. The summed E-state index contributed by atoms with van der Waals surface area (Å²) in [6, 6.07) is 10.1. The van der Waals surface area contributed by atoms with Gasteiger partial charge in [-0.1, -0.05) is 29.8 Å². The van der Waals surface area contributed by atoms with Gasteiger partial charge in [0.05, 0.1) is 0 Å². The van der Waals surface area contributed by atoms with Crippen molar-refractivity contribution in [3.63, 3.8) is 0 Å². The Hall–Kier alpha value is -3.46. The zero-order valence-corrected chi connectivity index (χ0v) is 16.9. The molecule has 10 heteroatoms. The van der Waals surface area contributed by atoms with E-state index >= 15 is 0 Å². The highest BCUT2D eigenvalue weighted by atomic mass is 35.5. The number of ether oxygens (including phenoxy) is 1. The lowest BCUT2D eigenvalue weighted by Crippen LogP contribution is -2.38. The molecule has 0 aromatic heterocycles. The molecule has 2 aliphatic rings. The van der Waals surface area contributed by atoms with Gasteiger partial charge in [0.15, 0.2) is 11.6 Å². The Balaban J connectivity index is 1.40. The number of carbonyl (C=O) groups is 2. The van der Waals surface area contributed by atoms with Crippen LogP contribution in [-0.2, 0) is 22.6 Å². The molecule has 0 atom stereocenters. The summed E-state index contributed by atoms with van der Waals surface area (Å²) in [4.78, 5) is 32.1. The smallest absolute Gasteiger partial charge is 0.348 e. The fourth-order valence-corrected chi connectivity index (χ4v) is 3.42. The molecule has 0 radical (unpaired) electrons. The fourth-order valence-electron chi connectivity index (χ4n) is 3.21. The van der Waals surface area contributed by atoms with E-state index in [0.29, 0.717) is 23.7 Å². The number of nitrogens with zero attached hydrogens (tertiary/aromatic N) is 3. The summed E-state index contributed by atoms with van der Waals surface area (Å²) in [7, 11) is 0. The van der Waals surface area contributed by atoms with E-state index in [2.05, 4.69) is 10.3 Å². The summed E-state index contributed by atoms with van der Waals surface area (Å²) in [5, 5.41) is 3.19. The number of hydrogen-bond acceptors (Lipinski definition) is 4. The number of fused-ring (bicyclic) bond motifs is 1. The van der Waals surface area contributed by atoms with Gasteiger partial charge < -0.3 is 15.0 Å². The number of aliphatic imine (C=N–C) groups is 1. The number of rotatable bonds is 5. The van der Waals surface area contributed by atoms with Gasteiger partial charge in [0.25, 0.3) is 5.91 Å². The average molecular weight is 447 g/mol. The van der Waals surface area contributed by atoms with E-state index in [1.54, 1.807) is 18.2 Å². The van der Waals surface area contributed by atoms with Gasteiger partial charge >= 0.3 is 12.1 Å². The monoisotopic (exact) mass is 446 g/mol. The summed E-state index contributed by atoms with van der Waals surface area (Å²) in [5.74, 6) is -2.44. The molecule has 160 valence electrons. The number of urea groups is 1. The second kappa shape index (κ2) is 8.73. The number of hydrogen-bond donors (Lipinski definition) is 1. The minimum absolute atomic E-state index is 0.00644. The Morgan fingerprint density at radius 3 is 2.74 bits per heavy atom. The Bertz CT molecular complexity index is 1110. The molecule has 0 spiro atoms. The maximum absolute atomic E-state index is 13.3. The minimum Gasteiger partial charge on any atom is -0.431 e. The third kappa shape index (κ3) is 4.66. The molecule has 3 amide bonds. The Kier molecular flexibility index (Phi) is 5.85. The minimum atomic E-state index is -0.990. The van der Waals surface area contributed by atoms with Crippen LogP contribution in [0, 0.1) is 11.6 Å². The Morgan fingerprint density at radius 2 is 1.97 bits per heavy atom. The summed E-state index contributed by atoms with van der Waals surface area (Å²) in [6.07, 6.45) is 1.21. The molecule has 2 heterocycles. The molecular formula is C21H17ClF2N4O3. The van der Waals surface area contributed by atoms with Crippen LogP contribution in [0.1, 0.15) is 11.1 Å². The second-order valence-electron chi connectivity index (χ2n) is 6.93. The molecule has 0 saturated carbocycles. The van der Waals surface area contributed by atoms with Gasteiger partial charge in [-0.15, -0.1) is 4.99 Å². The number of amides is 3. The van der Waals surface area contributed by atoms with E-state index in [9.17, 15) is 18.4 Å². The lowest BCUT2D eigenvalue weighted by molar-refractivity contribution is -0.118. The van der Waals surface area contributed by atoms with Crippen LogP contribution < -0.4 is 5.32 Å². The molecule has 2 aromatic rings. The number of halogens is 3. The molecule has 0 unspecified atom stereocenters. The predicted octanol–water partition coefficient (Wildman–Crippen LogP) is 3.40. The number of nitrogens with one attached hydrogen (secondary N) is 1. The maximum atomic E-state index is 13.3. The summed E-state index contributed by atoms with van der Waals surface area (Å²) >= 11 is 6.00. The van der Waals surface area contributed by atoms with Crippen LogP contribution in [0.25, 0.3) is 0 Å². The van der Waals surface area contributed by atoms with Gasteiger partial charge in [0.2, 0.25) is 0 Å². The first-order valence-corrected chi connectivity index (χ1v) is 9.77. The molecule has 2 aromatic carbocycles. The molecule has 7 nitrogen and oxygen atoms in total. The van der Waals surface area contributed by atoms with Crippen molar-refractivity contribution >= 4 is 29.6 Å². The van der Waals surface area contributed by atoms with Crippen molar-refractivity contribution in [2.45, 2.75) is 13.1 Å². The largest absolute Gasteiger partial charge is 0.431 e. The zero-order valence-electron chi connectivity index (χ0n) is 16.1. The molecule has 0 saturated heterocycles. The average Bonchev–Trinajstić information content (AvgIpc) is 3.07. The standard InChI is InChI=1S/C21H17ClF2N4O3/c22-15-3-1-2-14(8-15)11-27-6-7-28-18(12-31-21(28)26-20(27)30)19(29)25-10-13-4-5-16(23)17(24)9-13/h1-5,8-9,12H,6-7,10-11H2,(H,25,29). The van der Waals surface area contributed by atoms with Gasteiger partial charge in [0, 0.05) is 31.2 Å². The van der Waals surface area contributed by atoms with E-state index in [0.717, 1.165) is 17.7 Å². The van der Waals surface area contributed by atoms with Crippen molar-refractivity contribution in [3.8, 4) is 0 Å². The summed E-state index contributed by atoms with van der Waals surface area (Å²) in [6.45, 7) is 0.893. The van der Waals surface area contributed by atoms with Crippen molar-refractivity contribution in [2.75, 3.05) is 13.1 Å². The highest BCUT2D eigenvalue weighted by Crippen LogP contribution is 2.21. The van der Waals surface area contributed by atoms with Gasteiger partial charge in [-0.3, -0.25) is 9.69 Å². The van der Waals surface area contributed by atoms with Crippen LogP contribution >= 0.6 is 11.6 Å². The van der Waals surface area contributed by atoms with Crippen LogP contribution in [0.3, 0.4) is 0 Å². The van der Waals surface area contributed by atoms with E-state index in [-0.39, 0.29) is 24.8 Å². The van der Waals surface area contributed by atoms with E-state index in [1.807, 2.05) is 6.07 Å². The van der Waals surface area contributed by atoms with Gasteiger partial charge in [-0.2, -0.15) is 0 Å². The zero-order chi connectivity index (χ0) is 22.0. The maximum Gasteiger partial charge on any atom is 0.348 e. The molecule has 0 fully saturated rings. The van der Waals surface area contributed by atoms with Crippen molar-refractivity contribution in [1.82, 2.24) is 15.1 Å². The third-order valence-electron chi connectivity index (χ3n) is 4.79. The normalized spacial score (nSPS) is 15.6. The number of benzene rings is 2. The van der Waals surface area contributed by atoms with Crippen LogP contribution in [-0.4, -0.2) is 40.8 Å². The van der Waals surface area contributed by atoms with Gasteiger partial charge in [0.1, 0.15) is 12.0 Å². The molecule has 0 aliphatic carbocycles. The van der Waals surface area contributed by atoms with Crippen LogP contribution in [0.15, 0.2) is 59.4 Å². The summed E-state index contributed by atoms with van der Waals surface area (Å²) in [5.41, 5.74) is 1.42. The number of amidine groups is 1. The van der Waals surface area contributed by atoms with Gasteiger partial charge in [-0.25, -0.2) is 13.6 Å². The lowest BCUT2D eigenvalue weighted by Gasteiger charge is -2.21. The molecule has 4 rings (SSSR count). The fraction of sp³-hybridized carbons (Fsp3) is 0.190. The van der Waals surface area contributed by atoms with Crippen molar-refractivity contribution in [3.05, 3.63) is 82.2 Å². The van der Waals surface area contributed by atoms with E-state index in [1.165, 1.54) is 22.1 Å². The van der Waals surface area contributed by atoms with Crippen molar-refractivity contribution in [1.29, 1.82) is 0 Å². The first-order valence-electron chi connectivity index (χ1n) is 9.39. The van der Waals surface area contributed by atoms with Crippen molar-refractivity contribution in [2.24, 2.45) is 4.99 Å². The van der Waals surface area contributed by atoms with Gasteiger partial charge in [-0.05, 0) is 35.4 Å². The molecule has 31 heavy (non-hydrogen) atoms. The molecule has 1 N–H and O–H groups in total. The topological polar surface area (TPSA) is 74.2 Å². The van der Waals surface area contributed by atoms with Crippen molar-refractivity contribution < 1.29 is 23.1 Å². The Labute approximate surface area is 181 Å². The quantitative estimate of drug-likeness (QED) is 0.764. The highest BCUT2D eigenvalue weighted by molar-refractivity contribution is 6.30. The highest BCUT2D eigenvalue weighted by Gasteiger charge is 2.33. The summed E-state index contributed by atoms with van der Waals surface area (Å²) < 4.78 is 31.7. The second-order valence-corrected chi connectivity index (χ2v) is 7.37. The molecular weight excluding hydrogens is 430 g/mol. The third-order valence-corrected chi connectivity index (χ3v) is 5.02. The molecule has 0 bridgehead atoms. The first-order chi connectivity index (χ1) is 14.9.